The summed E-state index contributed by atoms with van der Waals surface area (Å²) in [5.74, 6) is 0.0587. The molecule has 1 fully saturated rings. The van der Waals surface area contributed by atoms with Crippen molar-refractivity contribution in [2.75, 3.05) is 11.9 Å². The summed E-state index contributed by atoms with van der Waals surface area (Å²) in [5, 5.41) is 7.81. The highest BCUT2D eigenvalue weighted by Gasteiger charge is 2.30. The number of likely N-dealkylation sites (tertiary alicyclic amines) is 1. The number of nitrogens with zero attached hydrogens (tertiary/aromatic N) is 2. The van der Waals surface area contributed by atoms with E-state index in [2.05, 4.69) is 15.6 Å². The van der Waals surface area contributed by atoms with Crippen LogP contribution in [0.4, 0.5) is 9.93 Å². The average molecular weight is 316 g/mol. The maximum absolute atomic E-state index is 12.0. The van der Waals surface area contributed by atoms with E-state index < -0.39 is 0 Å². The largest absolute Gasteiger partial charge is 0.336 e. The van der Waals surface area contributed by atoms with Crippen LogP contribution in [0.2, 0.25) is 0 Å². The number of carbonyl (C=O) groups is 2. The van der Waals surface area contributed by atoms with Gasteiger partial charge in [-0.05, 0) is 5.56 Å². The molecule has 3 amide bonds. The highest BCUT2D eigenvalue weighted by molar-refractivity contribution is 7.13. The van der Waals surface area contributed by atoms with Crippen molar-refractivity contribution in [1.82, 2.24) is 15.2 Å². The van der Waals surface area contributed by atoms with Crippen molar-refractivity contribution in [3.8, 4) is 0 Å². The summed E-state index contributed by atoms with van der Waals surface area (Å²) >= 11 is 1.35. The van der Waals surface area contributed by atoms with E-state index in [1.165, 1.54) is 11.3 Å². The number of thiazole rings is 1. The van der Waals surface area contributed by atoms with E-state index in [1.54, 1.807) is 16.5 Å². The fraction of sp³-hybridized carbons (Fsp3) is 0.267. The molecule has 6 nitrogen and oxygen atoms in total. The predicted octanol–water partition coefficient (Wildman–Crippen LogP) is 2.07. The van der Waals surface area contributed by atoms with E-state index in [0.717, 1.165) is 5.56 Å². The van der Waals surface area contributed by atoms with Gasteiger partial charge in [0, 0.05) is 31.1 Å². The highest BCUT2D eigenvalue weighted by atomic mass is 32.1. The molecule has 2 heterocycles. The third kappa shape index (κ3) is 3.62. The van der Waals surface area contributed by atoms with Gasteiger partial charge in [0.1, 0.15) is 0 Å². The lowest BCUT2D eigenvalue weighted by Gasteiger charge is -2.17. The van der Waals surface area contributed by atoms with Gasteiger partial charge < -0.3 is 10.2 Å². The monoisotopic (exact) mass is 316 g/mol. The van der Waals surface area contributed by atoms with Gasteiger partial charge >= 0.3 is 6.03 Å². The second-order valence-corrected chi connectivity index (χ2v) is 5.99. The van der Waals surface area contributed by atoms with Crippen LogP contribution >= 0.6 is 11.3 Å². The van der Waals surface area contributed by atoms with Crippen molar-refractivity contribution in [3.05, 3.63) is 47.5 Å². The Bertz CT molecular complexity index is 645. The van der Waals surface area contributed by atoms with Crippen molar-refractivity contribution < 1.29 is 9.59 Å². The number of amides is 3. The molecule has 0 spiro atoms. The van der Waals surface area contributed by atoms with Gasteiger partial charge in [-0.2, -0.15) is 0 Å². The van der Waals surface area contributed by atoms with Gasteiger partial charge in [0.05, 0.1) is 6.04 Å². The molecule has 7 heteroatoms. The summed E-state index contributed by atoms with van der Waals surface area (Å²) in [4.78, 5) is 29.6. The molecule has 0 bridgehead atoms. The topological polar surface area (TPSA) is 74.3 Å². The Morgan fingerprint density at radius 3 is 2.91 bits per heavy atom. The molecular weight excluding hydrogens is 300 g/mol. The fourth-order valence-electron chi connectivity index (χ4n) is 2.43. The predicted molar refractivity (Wildman–Crippen MR) is 84.5 cm³/mol. The number of nitrogens with one attached hydrogen (secondary N) is 2. The van der Waals surface area contributed by atoms with Crippen LogP contribution in [-0.2, 0) is 11.3 Å². The Hall–Kier alpha value is -2.41. The zero-order chi connectivity index (χ0) is 15.4. The van der Waals surface area contributed by atoms with Crippen molar-refractivity contribution >= 4 is 28.4 Å². The fourth-order valence-corrected chi connectivity index (χ4v) is 2.95. The molecule has 0 aliphatic carbocycles. The summed E-state index contributed by atoms with van der Waals surface area (Å²) in [6.07, 6.45) is 1.96. The van der Waals surface area contributed by atoms with E-state index >= 15 is 0 Å². The standard InChI is InChI=1S/C15H16N4O2S/c20-13-8-12(17-14(21)18-15-16-6-7-22-15)10-19(13)9-11-4-2-1-3-5-11/h1-7,12H,8-10H2,(H2,16,17,18,21). The molecule has 2 aromatic rings. The number of hydrogen-bond donors (Lipinski definition) is 2. The molecule has 114 valence electrons. The zero-order valence-electron chi connectivity index (χ0n) is 11.9. The number of anilines is 1. The number of carbonyl (C=O) groups excluding carboxylic acids is 2. The van der Waals surface area contributed by atoms with Crippen molar-refractivity contribution in [2.24, 2.45) is 0 Å². The number of aromatic nitrogens is 1. The SMILES string of the molecule is O=C(Nc1nccs1)NC1CC(=O)N(Cc2ccccc2)C1. The third-order valence-corrected chi connectivity index (χ3v) is 4.11. The maximum atomic E-state index is 12.0. The van der Waals surface area contributed by atoms with Crippen LogP contribution in [0.25, 0.3) is 0 Å². The third-order valence-electron chi connectivity index (χ3n) is 3.42. The first-order valence-electron chi connectivity index (χ1n) is 6.99. The van der Waals surface area contributed by atoms with Crippen molar-refractivity contribution in [3.63, 3.8) is 0 Å². The Morgan fingerprint density at radius 1 is 1.36 bits per heavy atom. The van der Waals surface area contributed by atoms with Gasteiger partial charge in [0.15, 0.2) is 5.13 Å². The van der Waals surface area contributed by atoms with E-state index in [9.17, 15) is 9.59 Å². The van der Waals surface area contributed by atoms with Crippen molar-refractivity contribution in [2.45, 2.75) is 19.0 Å². The normalized spacial score (nSPS) is 17.5. The van der Waals surface area contributed by atoms with Gasteiger partial charge in [-0.15, -0.1) is 11.3 Å². The van der Waals surface area contributed by atoms with Gasteiger partial charge in [0.25, 0.3) is 0 Å². The first-order chi connectivity index (χ1) is 10.7. The van der Waals surface area contributed by atoms with Crippen LogP contribution < -0.4 is 10.6 Å². The molecule has 3 rings (SSSR count). The van der Waals surface area contributed by atoms with Gasteiger partial charge in [0.2, 0.25) is 5.91 Å². The molecule has 1 saturated heterocycles. The Labute approximate surface area is 132 Å². The second-order valence-electron chi connectivity index (χ2n) is 5.10. The van der Waals surface area contributed by atoms with E-state index in [1.807, 2.05) is 30.3 Å². The summed E-state index contributed by atoms with van der Waals surface area (Å²) < 4.78 is 0. The Kier molecular flexibility index (Phi) is 4.34. The molecule has 1 aliphatic heterocycles. The second kappa shape index (κ2) is 6.57. The molecule has 22 heavy (non-hydrogen) atoms. The first kappa shape index (κ1) is 14.5. The highest BCUT2D eigenvalue weighted by Crippen LogP contribution is 2.15. The summed E-state index contributed by atoms with van der Waals surface area (Å²) in [5.41, 5.74) is 1.09. The van der Waals surface area contributed by atoms with Crippen molar-refractivity contribution in [1.29, 1.82) is 0 Å². The Morgan fingerprint density at radius 2 is 2.18 bits per heavy atom. The molecule has 0 radical (unpaired) electrons. The number of rotatable bonds is 4. The quantitative estimate of drug-likeness (QED) is 0.907. The van der Waals surface area contributed by atoms with Gasteiger partial charge in [-0.1, -0.05) is 30.3 Å². The number of urea groups is 1. The molecule has 2 N–H and O–H groups in total. The van der Waals surface area contributed by atoms with Crippen LogP contribution in [0.3, 0.4) is 0 Å². The minimum atomic E-state index is -0.325. The number of benzene rings is 1. The van der Waals surface area contributed by atoms with Crippen LogP contribution in [-0.4, -0.2) is 34.4 Å². The lowest BCUT2D eigenvalue weighted by Crippen LogP contribution is -2.39. The molecule has 1 aromatic carbocycles. The molecule has 1 unspecified atom stereocenters. The van der Waals surface area contributed by atoms with Crippen LogP contribution in [0.5, 0.6) is 0 Å². The maximum Gasteiger partial charge on any atom is 0.321 e. The van der Waals surface area contributed by atoms with Gasteiger partial charge in [-0.3, -0.25) is 10.1 Å². The number of hydrogen-bond acceptors (Lipinski definition) is 4. The van der Waals surface area contributed by atoms with E-state index in [4.69, 9.17) is 0 Å². The summed E-state index contributed by atoms with van der Waals surface area (Å²) in [6.45, 7) is 1.10. The summed E-state index contributed by atoms with van der Waals surface area (Å²) in [6, 6.07) is 9.33. The first-order valence-corrected chi connectivity index (χ1v) is 7.87. The molecule has 1 aromatic heterocycles. The summed E-state index contributed by atoms with van der Waals surface area (Å²) in [7, 11) is 0. The zero-order valence-corrected chi connectivity index (χ0v) is 12.7. The van der Waals surface area contributed by atoms with E-state index in [-0.39, 0.29) is 18.0 Å². The smallest absolute Gasteiger partial charge is 0.321 e. The lowest BCUT2D eigenvalue weighted by molar-refractivity contribution is -0.128. The molecule has 1 aliphatic rings. The van der Waals surface area contributed by atoms with E-state index in [0.29, 0.717) is 24.6 Å². The lowest BCUT2D eigenvalue weighted by atomic mass is 10.2. The van der Waals surface area contributed by atoms with Crippen LogP contribution in [0.15, 0.2) is 41.9 Å². The Balaban J connectivity index is 1.52. The minimum absolute atomic E-state index is 0.0587. The van der Waals surface area contributed by atoms with Gasteiger partial charge in [-0.25, -0.2) is 9.78 Å². The average Bonchev–Trinajstić information content (AvgIpc) is 3.11. The van der Waals surface area contributed by atoms with Crippen LogP contribution in [0, 0.1) is 0 Å². The van der Waals surface area contributed by atoms with Crippen LogP contribution in [0.1, 0.15) is 12.0 Å². The molecule has 1 atom stereocenters. The molecule has 0 saturated carbocycles. The minimum Gasteiger partial charge on any atom is -0.336 e. The molecular formula is C15H16N4O2S.